The van der Waals surface area contributed by atoms with Crippen LogP contribution >= 0.6 is 22.6 Å². The average molecular weight is 451 g/mol. The number of halogens is 1. The summed E-state index contributed by atoms with van der Waals surface area (Å²) in [6, 6.07) is 25.1. The van der Waals surface area contributed by atoms with Crippen molar-refractivity contribution in [2.45, 2.75) is 6.92 Å². The van der Waals surface area contributed by atoms with Crippen LogP contribution in [-0.2, 0) is 0 Å². The molecule has 0 bridgehead atoms. The molecular weight excluding hydrogens is 433 g/mol. The van der Waals surface area contributed by atoms with E-state index in [1.807, 2.05) is 18.2 Å². The molecule has 1 heterocycles. The Balaban J connectivity index is 2.05. The number of hydrogen-bond acceptors (Lipinski definition) is 2. The van der Waals surface area contributed by atoms with E-state index in [2.05, 4.69) is 84.1 Å². The molecule has 3 heteroatoms. The van der Waals surface area contributed by atoms with E-state index in [9.17, 15) is 0 Å². The summed E-state index contributed by atoms with van der Waals surface area (Å²) in [5, 5.41) is 1.18. The Morgan fingerprint density at radius 2 is 1.58 bits per heavy atom. The second-order valence-electron chi connectivity index (χ2n) is 6.26. The molecule has 128 valence electrons. The van der Waals surface area contributed by atoms with Gasteiger partial charge in [-0.1, -0.05) is 54.1 Å². The van der Waals surface area contributed by atoms with Crippen LogP contribution in [0.3, 0.4) is 0 Å². The summed E-state index contributed by atoms with van der Waals surface area (Å²) in [5.74, 6) is 0.863. The first kappa shape index (κ1) is 17.0. The second-order valence-corrected chi connectivity index (χ2v) is 7.34. The van der Waals surface area contributed by atoms with Crippen LogP contribution in [0, 0.1) is 10.5 Å². The Labute approximate surface area is 167 Å². The normalized spacial score (nSPS) is 10.9. The van der Waals surface area contributed by atoms with Crippen molar-refractivity contribution in [3.63, 3.8) is 0 Å². The van der Waals surface area contributed by atoms with Gasteiger partial charge in [0.1, 0.15) is 5.75 Å². The molecule has 0 saturated carbocycles. The van der Waals surface area contributed by atoms with Crippen molar-refractivity contribution in [2.75, 3.05) is 7.11 Å². The zero-order valence-corrected chi connectivity index (χ0v) is 16.8. The lowest BCUT2D eigenvalue weighted by Gasteiger charge is -2.15. The quantitative estimate of drug-likeness (QED) is 0.332. The van der Waals surface area contributed by atoms with Gasteiger partial charge in [0.05, 0.1) is 18.3 Å². The van der Waals surface area contributed by atoms with E-state index < -0.39 is 0 Å². The molecule has 26 heavy (non-hydrogen) atoms. The predicted octanol–water partition coefficient (Wildman–Crippen LogP) is 6.49. The third kappa shape index (κ3) is 3.07. The SMILES string of the molecule is COc1ccc(-c2c(I)c(-c3ccccc3)nc3ccc(C)cc23)cc1. The molecule has 4 aromatic rings. The van der Waals surface area contributed by atoms with Gasteiger partial charge in [0.15, 0.2) is 0 Å². The van der Waals surface area contributed by atoms with Crippen molar-refractivity contribution < 1.29 is 4.74 Å². The van der Waals surface area contributed by atoms with Crippen molar-refractivity contribution >= 4 is 33.5 Å². The first-order valence-electron chi connectivity index (χ1n) is 8.47. The van der Waals surface area contributed by atoms with Gasteiger partial charge >= 0.3 is 0 Å². The summed E-state index contributed by atoms with van der Waals surface area (Å²) in [6.07, 6.45) is 0. The maximum absolute atomic E-state index is 5.32. The van der Waals surface area contributed by atoms with Gasteiger partial charge in [-0.05, 0) is 59.3 Å². The molecule has 0 amide bonds. The number of rotatable bonds is 3. The van der Waals surface area contributed by atoms with E-state index in [1.54, 1.807) is 7.11 Å². The number of nitrogens with zero attached hydrogens (tertiary/aromatic N) is 1. The van der Waals surface area contributed by atoms with Crippen LogP contribution in [0.4, 0.5) is 0 Å². The number of aryl methyl sites for hydroxylation is 1. The molecule has 0 atom stereocenters. The first-order valence-corrected chi connectivity index (χ1v) is 9.55. The molecule has 0 aliphatic rings. The largest absolute Gasteiger partial charge is 0.497 e. The molecule has 0 aliphatic carbocycles. The van der Waals surface area contributed by atoms with E-state index in [0.717, 1.165) is 26.1 Å². The molecular formula is C23H18INO. The minimum atomic E-state index is 0.863. The molecule has 0 aliphatic heterocycles. The maximum Gasteiger partial charge on any atom is 0.118 e. The summed E-state index contributed by atoms with van der Waals surface area (Å²) in [7, 11) is 1.69. The standard InChI is InChI=1S/C23H18INO/c1-15-8-13-20-19(14-15)21(16-9-11-18(26-2)12-10-16)22(24)23(25-20)17-6-4-3-5-7-17/h3-14H,1-2H3. The van der Waals surface area contributed by atoms with E-state index in [-0.39, 0.29) is 0 Å². The number of hydrogen-bond donors (Lipinski definition) is 0. The van der Waals surface area contributed by atoms with Crippen molar-refractivity contribution in [1.29, 1.82) is 0 Å². The van der Waals surface area contributed by atoms with Gasteiger partial charge in [-0.3, -0.25) is 0 Å². The monoisotopic (exact) mass is 451 g/mol. The van der Waals surface area contributed by atoms with Crippen LogP contribution < -0.4 is 4.74 Å². The third-order valence-corrected chi connectivity index (χ3v) is 5.56. The van der Waals surface area contributed by atoms with Gasteiger partial charge in [0, 0.05) is 20.1 Å². The van der Waals surface area contributed by atoms with E-state index >= 15 is 0 Å². The molecule has 1 aromatic heterocycles. The minimum absolute atomic E-state index is 0.863. The molecule has 0 unspecified atom stereocenters. The van der Waals surface area contributed by atoms with Gasteiger partial charge in [-0.2, -0.15) is 0 Å². The number of ether oxygens (including phenoxy) is 1. The lowest BCUT2D eigenvalue weighted by Crippen LogP contribution is -1.96. The predicted molar refractivity (Wildman–Crippen MR) is 117 cm³/mol. The van der Waals surface area contributed by atoms with Crippen LogP contribution in [0.2, 0.25) is 0 Å². The highest BCUT2D eigenvalue weighted by molar-refractivity contribution is 14.1. The minimum Gasteiger partial charge on any atom is -0.497 e. The summed E-state index contributed by atoms with van der Waals surface area (Å²) in [4.78, 5) is 4.97. The van der Waals surface area contributed by atoms with E-state index in [0.29, 0.717) is 0 Å². The Bertz CT molecular complexity index is 1070. The highest BCUT2D eigenvalue weighted by Gasteiger charge is 2.16. The number of aromatic nitrogens is 1. The summed E-state index contributed by atoms with van der Waals surface area (Å²) in [6.45, 7) is 2.12. The van der Waals surface area contributed by atoms with Crippen LogP contribution in [0.1, 0.15) is 5.56 Å². The molecule has 4 rings (SSSR count). The fraction of sp³-hybridized carbons (Fsp3) is 0.0870. The second kappa shape index (κ2) is 7.08. The highest BCUT2D eigenvalue weighted by atomic mass is 127. The van der Waals surface area contributed by atoms with Gasteiger partial charge in [0.2, 0.25) is 0 Å². The van der Waals surface area contributed by atoms with Crippen LogP contribution in [0.15, 0.2) is 72.8 Å². The molecule has 3 aromatic carbocycles. The van der Waals surface area contributed by atoms with Gasteiger partial charge in [-0.15, -0.1) is 0 Å². The van der Waals surface area contributed by atoms with Crippen LogP contribution in [-0.4, -0.2) is 12.1 Å². The topological polar surface area (TPSA) is 22.1 Å². The molecule has 0 radical (unpaired) electrons. The first-order chi connectivity index (χ1) is 12.7. The molecule has 0 saturated heterocycles. The van der Waals surface area contributed by atoms with Gasteiger partial charge in [-0.25, -0.2) is 4.98 Å². The Morgan fingerprint density at radius 3 is 2.27 bits per heavy atom. The summed E-state index contributed by atoms with van der Waals surface area (Å²) in [5.41, 5.74) is 6.80. The van der Waals surface area contributed by atoms with Crippen LogP contribution in [0.25, 0.3) is 33.3 Å². The molecule has 2 nitrogen and oxygen atoms in total. The van der Waals surface area contributed by atoms with E-state index in [1.165, 1.54) is 22.1 Å². The molecule has 0 fully saturated rings. The summed E-state index contributed by atoms with van der Waals surface area (Å²) < 4.78 is 6.48. The molecule has 0 spiro atoms. The summed E-state index contributed by atoms with van der Waals surface area (Å²) >= 11 is 2.43. The number of benzene rings is 3. The van der Waals surface area contributed by atoms with Gasteiger partial charge in [0.25, 0.3) is 0 Å². The number of pyridine rings is 1. The Morgan fingerprint density at radius 1 is 0.846 bits per heavy atom. The van der Waals surface area contributed by atoms with Gasteiger partial charge < -0.3 is 4.74 Å². The highest BCUT2D eigenvalue weighted by Crippen LogP contribution is 2.38. The molecule has 0 N–H and O–H groups in total. The Hall–Kier alpha value is -2.40. The Kier molecular flexibility index (Phi) is 4.64. The zero-order chi connectivity index (χ0) is 18.1. The van der Waals surface area contributed by atoms with Crippen molar-refractivity contribution in [3.05, 3.63) is 81.9 Å². The van der Waals surface area contributed by atoms with Crippen LogP contribution in [0.5, 0.6) is 5.75 Å². The fourth-order valence-corrected chi connectivity index (χ4v) is 4.21. The average Bonchev–Trinajstić information content (AvgIpc) is 2.68. The van der Waals surface area contributed by atoms with Crippen molar-refractivity contribution in [1.82, 2.24) is 4.98 Å². The zero-order valence-electron chi connectivity index (χ0n) is 14.7. The lowest BCUT2D eigenvalue weighted by atomic mass is 9.97. The van der Waals surface area contributed by atoms with Crippen molar-refractivity contribution in [2.24, 2.45) is 0 Å². The number of methoxy groups -OCH3 is 1. The number of fused-ring (bicyclic) bond motifs is 1. The smallest absolute Gasteiger partial charge is 0.118 e. The maximum atomic E-state index is 5.32. The van der Waals surface area contributed by atoms with E-state index in [4.69, 9.17) is 9.72 Å². The third-order valence-electron chi connectivity index (χ3n) is 4.51. The lowest BCUT2D eigenvalue weighted by molar-refractivity contribution is 0.415. The fourth-order valence-electron chi connectivity index (χ4n) is 3.18. The van der Waals surface area contributed by atoms with Crippen molar-refractivity contribution in [3.8, 4) is 28.1 Å².